The smallest absolute Gasteiger partial charge is 0.325 e. The number of nitro benzene ring substituents is 1. The van der Waals surface area contributed by atoms with Crippen LogP contribution in [0.2, 0.25) is 0 Å². The number of hydrogen-bond donors (Lipinski definition) is 1. The van der Waals surface area contributed by atoms with Gasteiger partial charge in [-0.2, -0.15) is 13.2 Å². The molecule has 13 heteroatoms. The Morgan fingerprint density at radius 2 is 1.97 bits per heavy atom. The third-order valence-electron chi connectivity index (χ3n) is 3.75. The molecule has 0 saturated heterocycles. The predicted octanol–water partition coefficient (Wildman–Crippen LogP) is 4.06. The van der Waals surface area contributed by atoms with E-state index in [9.17, 15) is 32.5 Å². The number of carbonyl (C=O) groups is 1. The number of benzene rings is 2. The first-order valence-electron chi connectivity index (χ1n) is 8.10. The first kappa shape index (κ1) is 21.2. The molecule has 0 atom stereocenters. The molecule has 0 aliphatic carbocycles. The lowest BCUT2D eigenvalue weighted by atomic mass is 10.1. The van der Waals surface area contributed by atoms with Crippen LogP contribution in [0, 0.1) is 15.9 Å². The van der Waals surface area contributed by atoms with Gasteiger partial charge in [-0.1, -0.05) is 23.9 Å². The van der Waals surface area contributed by atoms with Crippen LogP contribution in [0.1, 0.15) is 5.56 Å². The number of aromatic nitrogens is 3. The maximum absolute atomic E-state index is 13.9. The SMILES string of the molecule is O=C(CSc1nncn1-c1ccccc1F)Nc1ccc([N+](=O)[O-])cc1C(F)(F)F. The topological polar surface area (TPSA) is 103 Å². The maximum Gasteiger partial charge on any atom is 0.418 e. The molecule has 0 aliphatic rings. The summed E-state index contributed by atoms with van der Waals surface area (Å²) in [6, 6.07) is 7.79. The van der Waals surface area contributed by atoms with Crippen LogP contribution in [0.3, 0.4) is 0 Å². The molecule has 156 valence electrons. The van der Waals surface area contributed by atoms with Crippen molar-refractivity contribution in [3.05, 3.63) is 70.3 Å². The van der Waals surface area contributed by atoms with Crippen molar-refractivity contribution in [2.24, 2.45) is 0 Å². The molecular weight excluding hydrogens is 430 g/mol. The Balaban J connectivity index is 1.75. The number of rotatable bonds is 6. The van der Waals surface area contributed by atoms with Crippen LogP contribution in [-0.2, 0) is 11.0 Å². The minimum absolute atomic E-state index is 0.139. The van der Waals surface area contributed by atoms with Crippen LogP contribution >= 0.6 is 11.8 Å². The van der Waals surface area contributed by atoms with E-state index in [0.29, 0.717) is 6.07 Å². The average Bonchev–Trinajstić information content (AvgIpc) is 3.14. The zero-order valence-corrected chi connectivity index (χ0v) is 15.6. The Labute approximate surface area is 170 Å². The predicted molar refractivity (Wildman–Crippen MR) is 98.8 cm³/mol. The number of anilines is 1. The lowest BCUT2D eigenvalue weighted by molar-refractivity contribution is -0.385. The summed E-state index contributed by atoms with van der Waals surface area (Å²) in [6.45, 7) is 0. The number of carbonyl (C=O) groups excluding carboxylic acids is 1. The largest absolute Gasteiger partial charge is 0.418 e. The third kappa shape index (κ3) is 4.74. The van der Waals surface area contributed by atoms with Crippen LogP contribution in [0.15, 0.2) is 53.9 Å². The van der Waals surface area contributed by atoms with Crippen molar-refractivity contribution < 1.29 is 27.3 Å². The number of alkyl halides is 3. The van der Waals surface area contributed by atoms with Gasteiger partial charge in [0.2, 0.25) is 5.91 Å². The van der Waals surface area contributed by atoms with Gasteiger partial charge < -0.3 is 5.32 Å². The standard InChI is InChI=1S/C17H11F4N5O3S/c18-12-3-1-2-4-14(12)25-9-22-24-16(25)30-8-15(27)23-13-6-5-10(26(28)29)7-11(13)17(19,20)21/h1-7,9H,8H2,(H,23,27). The fraction of sp³-hybridized carbons (Fsp3) is 0.118. The minimum atomic E-state index is -4.91. The number of nitrogens with zero attached hydrogens (tertiary/aromatic N) is 4. The van der Waals surface area contributed by atoms with Gasteiger partial charge in [0, 0.05) is 12.1 Å². The molecule has 0 bridgehead atoms. The van der Waals surface area contributed by atoms with Crippen molar-refractivity contribution in [2.75, 3.05) is 11.1 Å². The van der Waals surface area contributed by atoms with E-state index < -0.39 is 39.8 Å². The van der Waals surface area contributed by atoms with Gasteiger partial charge in [-0.15, -0.1) is 10.2 Å². The van der Waals surface area contributed by atoms with Gasteiger partial charge in [0.15, 0.2) is 5.16 Å². The van der Waals surface area contributed by atoms with Crippen LogP contribution in [0.4, 0.5) is 28.9 Å². The zero-order valence-electron chi connectivity index (χ0n) is 14.8. The number of para-hydroxylation sites is 1. The number of nitrogens with one attached hydrogen (secondary N) is 1. The number of nitro groups is 1. The second kappa shape index (κ2) is 8.49. The highest BCUT2D eigenvalue weighted by Crippen LogP contribution is 2.37. The molecule has 2 aromatic carbocycles. The van der Waals surface area contributed by atoms with E-state index in [1.807, 2.05) is 0 Å². The zero-order chi connectivity index (χ0) is 21.9. The molecule has 1 aromatic heterocycles. The van der Waals surface area contributed by atoms with E-state index in [-0.39, 0.29) is 16.6 Å². The maximum atomic E-state index is 13.9. The summed E-state index contributed by atoms with van der Waals surface area (Å²) in [7, 11) is 0. The number of thioether (sulfide) groups is 1. The molecule has 0 spiro atoms. The number of halogens is 4. The van der Waals surface area contributed by atoms with Gasteiger partial charge in [-0.05, 0) is 18.2 Å². The molecule has 0 saturated carbocycles. The second-order valence-electron chi connectivity index (χ2n) is 5.76. The lowest BCUT2D eigenvalue weighted by Gasteiger charge is -2.13. The molecule has 3 rings (SSSR count). The summed E-state index contributed by atoms with van der Waals surface area (Å²) in [5.74, 6) is -1.73. The molecule has 1 heterocycles. The van der Waals surface area contributed by atoms with Gasteiger partial charge in [0.25, 0.3) is 5.69 Å². The molecule has 30 heavy (non-hydrogen) atoms. The first-order chi connectivity index (χ1) is 14.2. The summed E-state index contributed by atoms with van der Waals surface area (Å²) in [4.78, 5) is 21.9. The van der Waals surface area contributed by atoms with Crippen molar-refractivity contribution in [2.45, 2.75) is 11.3 Å². The third-order valence-corrected chi connectivity index (χ3v) is 4.70. The highest BCUT2D eigenvalue weighted by atomic mass is 32.2. The Morgan fingerprint density at radius 1 is 1.23 bits per heavy atom. The highest BCUT2D eigenvalue weighted by molar-refractivity contribution is 7.99. The lowest BCUT2D eigenvalue weighted by Crippen LogP contribution is -2.18. The van der Waals surface area contributed by atoms with Gasteiger partial charge in [0.1, 0.15) is 12.1 Å². The molecular formula is C17H11F4N5O3S. The normalized spacial score (nSPS) is 11.3. The number of hydrogen-bond acceptors (Lipinski definition) is 6. The van der Waals surface area contributed by atoms with E-state index in [1.165, 1.54) is 29.1 Å². The summed E-state index contributed by atoms with van der Waals surface area (Å²) in [5, 5.41) is 20.4. The molecule has 8 nitrogen and oxygen atoms in total. The van der Waals surface area contributed by atoms with Crippen molar-refractivity contribution in [1.82, 2.24) is 14.8 Å². The molecule has 0 unspecified atom stereocenters. The Kier molecular flexibility index (Phi) is 6.01. The summed E-state index contributed by atoms with van der Waals surface area (Å²) in [6.07, 6.45) is -3.68. The monoisotopic (exact) mass is 441 g/mol. The Hall–Kier alpha value is -3.48. The molecule has 1 N–H and O–H groups in total. The van der Waals surface area contributed by atoms with Gasteiger partial charge in [-0.25, -0.2) is 4.39 Å². The summed E-state index contributed by atoms with van der Waals surface area (Å²) >= 11 is 0.827. The highest BCUT2D eigenvalue weighted by Gasteiger charge is 2.35. The van der Waals surface area contributed by atoms with Crippen molar-refractivity contribution >= 4 is 29.0 Å². The van der Waals surface area contributed by atoms with Crippen LogP contribution < -0.4 is 5.32 Å². The summed E-state index contributed by atoms with van der Waals surface area (Å²) in [5.41, 5.74) is -2.58. The molecule has 1 amide bonds. The van der Waals surface area contributed by atoms with E-state index in [4.69, 9.17) is 0 Å². The first-order valence-corrected chi connectivity index (χ1v) is 9.08. The molecule has 0 radical (unpaired) electrons. The van der Waals surface area contributed by atoms with Crippen molar-refractivity contribution in [3.8, 4) is 5.69 Å². The van der Waals surface area contributed by atoms with Crippen molar-refractivity contribution in [1.29, 1.82) is 0 Å². The van der Waals surface area contributed by atoms with Crippen LogP contribution in [-0.4, -0.2) is 31.3 Å². The molecule has 0 fully saturated rings. The number of non-ortho nitro benzene ring substituents is 1. The fourth-order valence-electron chi connectivity index (χ4n) is 2.44. The summed E-state index contributed by atoms with van der Waals surface area (Å²) < 4.78 is 54.8. The van der Waals surface area contributed by atoms with E-state index >= 15 is 0 Å². The van der Waals surface area contributed by atoms with Crippen LogP contribution in [0.5, 0.6) is 0 Å². The Morgan fingerprint density at radius 3 is 2.63 bits per heavy atom. The second-order valence-corrected chi connectivity index (χ2v) is 6.70. The molecule has 3 aromatic rings. The van der Waals surface area contributed by atoms with Gasteiger partial charge >= 0.3 is 6.18 Å². The fourth-order valence-corrected chi connectivity index (χ4v) is 3.16. The average molecular weight is 441 g/mol. The Bertz CT molecular complexity index is 1100. The van der Waals surface area contributed by atoms with E-state index in [0.717, 1.165) is 23.9 Å². The number of amides is 1. The van der Waals surface area contributed by atoms with E-state index in [2.05, 4.69) is 15.5 Å². The quantitative estimate of drug-likeness (QED) is 0.268. The van der Waals surface area contributed by atoms with E-state index in [1.54, 1.807) is 6.07 Å². The minimum Gasteiger partial charge on any atom is -0.325 e. The van der Waals surface area contributed by atoms with Crippen LogP contribution in [0.25, 0.3) is 5.69 Å². The van der Waals surface area contributed by atoms with Gasteiger partial charge in [0.05, 0.1) is 27.6 Å². The molecule has 0 aliphatic heterocycles. The van der Waals surface area contributed by atoms with Crippen molar-refractivity contribution in [3.63, 3.8) is 0 Å². The van der Waals surface area contributed by atoms with Gasteiger partial charge in [-0.3, -0.25) is 19.5 Å².